The van der Waals surface area contributed by atoms with Gasteiger partial charge in [-0.2, -0.15) is 13.2 Å². The Bertz CT molecular complexity index is 628. The summed E-state index contributed by atoms with van der Waals surface area (Å²) in [5.41, 5.74) is 6.15. The molecule has 0 unspecified atom stereocenters. The van der Waals surface area contributed by atoms with Crippen molar-refractivity contribution in [3.05, 3.63) is 30.2 Å². The van der Waals surface area contributed by atoms with E-state index < -0.39 is 12.1 Å². The number of carboxylic acid groups (broad SMARTS) is 1. The number of alkyl halides is 3. The first-order valence-corrected chi connectivity index (χ1v) is 5.75. The van der Waals surface area contributed by atoms with Crippen molar-refractivity contribution in [3.8, 4) is 17.2 Å². The fourth-order valence-electron chi connectivity index (χ4n) is 1.27. The number of halogens is 3. The van der Waals surface area contributed by atoms with E-state index in [1.54, 1.807) is 7.11 Å². The number of ether oxygens (including phenoxy) is 1. The molecule has 0 spiro atoms. The van der Waals surface area contributed by atoms with Crippen molar-refractivity contribution in [1.82, 2.24) is 10.2 Å². The van der Waals surface area contributed by atoms with Crippen molar-refractivity contribution in [1.29, 1.82) is 0 Å². The standard InChI is InChI=1S/C10H11N3O2.C2HF3O2/c1-14-8-5-3-2-4-7(8)10-13-12-9(6-11)15-10;3-2(4,5)1(6)7/h2-5H,6,11H2,1H3;(H,6,7). The number of rotatable bonds is 3. The minimum absolute atomic E-state index is 0.238. The molecular weight excluding hydrogens is 307 g/mol. The lowest BCUT2D eigenvalue weighted by Gasteiger charge is -2.02. The maximum absolute atomic E-state index is 10.6. The number of benzene rings is 1. The molecule has 0 aliphatic rings. The van der Waals surface area contributed by atoms with Gasteiger partial charge in [-0.15, -0.1) is 10.2 Å². The number of hydrogen-bond acceptors (Lipinski definition) is 6. The molecule has 2 rings (SSSR count). The summed E-state index contributed by atoms with van der Waals surface area (Å²) in [5.74, 6) is -1.22. The number of hydrogen-bond donors (Lipinski definition) is 2. The van der Waals surface area contributed by atoms with E-state index in [4.69, 9.17) is 24.8 Å². The van der Waals surface area contributed by atoms with Gasteiger partial charge in [-0.3, -0.25) is 0 Å². The lowest BCUT2D eigenvalue weighted by Crippen LogP contribution is -2.21. The number of para-hydroxylation sites is 1. The van der Waals surface area contributed by atoms with Gasteiger partial charge in [0.15, 0.2) is 0 Å². The van der Waals surface area contributed by atoms with E-state index in [-0.39, 0.29) is 6.54 Å². The molecule has 3 N–H and O–H groups in total. The predicted octanol–water partition coefficient (Wildman–Crippen LogP) is 1.84. The van der Waals surface area contributed by atoms with Gasteiger partial charge in [0, 0.05) is 0 Å². The van der Waals surface area contributed by atoms with Crippen molar-refractivity contribution >= 4 is 5.97 Å². The third-order valence-electron chi connectivity index (χ3n) is 2.22. The molecule has 1 heterocycles. The highest BCUT2D eigenvalue weighted by Crippen LogP contribution is 2.28. The van der Waals surface area contributed by atoms with Gasteiger partial charge in [0.05, 0.1) is 19.2 Å². The van der Waals surface area contributed by atoms with Gasteiger partial charge in [0.2, 0.25) is 5.89 Å². The molecule has 0 fully saturated rings. The van der Waals surface area contributed by atoms with Crippen LogP contribution in [0.4, 0.5) is 13.2 Å². The van der Waals surface area contributed by atoms with Gasteiger partial charge >= 0.3 is 12.1 Å². The topological polar surface area (TPSA) is 111 Å². The normalized spacial score (nSPS) is 10.6. The average Bonchev–Trinajstić information content (AvgIpc) is 2.95. The number of nitrogens with two attached hydrogens (primary N) is 1. The van der Waals surface area contributed by atoms with Crippen molar-refractivity contribution in [2.75, 3.05) is 7.11 Å². The van der Waals surface area contributed by atoms with Crippen LogP contribution in [0.15, 0.2) is 28.7 Å². The van der Waals surface area contributed by atoms with Gasteiger partial charge in [0.1, 0.15) is 5.75 Å². The molecule has 0 saturated carbocycles. The monoisotopic (exact) mass is 319 g/mol. The molecule has 0 aliphatic carbocycles. The van der Waals surface area contributed by atoms with E-state index in [9.17, 15) is 13.2 Å². The molecule has 0 bridgehead atoms. The van der Waals surface area contributed by atoms with Crippen LogP contribution in [0.5, 0.6) is 5.75 Å². The Morgan fingerprint density at radius 2 is 1.95 bits per heavy atom. The minimum Gasteiger partial charge on any atom is -0.496 e. The smallest absolute Gasteiger partial charge is 0.490 e. The predicted molar refractivity (Wildman–Crippen MR) is 67.9 cm³/mol. The SMILES string of the molecule is COc1ccccc1-c1nnc(CN)o1.O=C(O)C(F)(F)F. The third kappa shape index (κ3) is 4.74. The molecule has 10 heteroatoms. The highest BCUT2D eigenvalue weighted by molar-refractivity contribution is 5.73. The highest BCUT2D eigenvalue weighted by atomic mass is 19.4. The molecular formula is C12H12F3N3O4. The molecule has 0 atom stereocenters. The zero-order chi connectivity index (χ0) is 16.8. The maximum Gasteiger partial charge on any atom is 0.490 e. The Hall–Kier alpha value is -2.62. The van der Waals surface area contributed by atoms with E-state index >= 15 is 0 Å². The van der Waals surface area contributed by atoms with Gasteiger partial charge in [-0.05, 0) is 12.1 Å². The number of aliphatic carboxylic acids is 1. The van der Waals surface area contributed by atoms with Crippen LogP contribution < -0.4 is 10.5 Å². The quantitative estimate of drug-likeness (QED) is 0.887. The van der Waals surface area contributed by atoms with Crippen LogP contribution in [0, 0.1) is 0 Å². The van der Waals surface area contributed by atoms with Crippen LogP contribution in [-0.2, 0) is 11.3 Å². The minimum atomic E-state index is -5.08. The Morgan fingerprint density at radius 1 is 1.36 bits per heavy atom. The van der Waals surface area contributed by atoms with Crippen LogP contribution in [0.25, 0.3) is 11.5 Å². The van der Waals surface area contributed by atoms with Crippen molar-refractivity contribution in [2.45, 2.75) is 12.7 Å². The van der Waals surface area contributed by atoms with Gasteiger partial charge in [-0.1, -0.05) is 12.1 Å². The van der Waals surface area contributed by atoms with E-state index in [1.165, 1.54) is 0 Å². The highest BCUT2D eigenvalue weighted by Gasteiger charge is 2.38. The van der Waals surface area contributed by atoms with Crippen LogP contribution in [0.1, 0.15) is 5.89 Å². The first-order valence-electron chi connectivity index (χ1n) is 5.75. The second-order valence-electron chi connectivity index (χ2n) is 3.71. The van der Waals surface area contributed by atoms with Crippen LogP contribution >= 0.6 is 0 Å². The Morgan fingerprint density at radius 3 is 2.41 bits per heavy atom. The van der Waals surface area contributed by atoms with Crippen molar-refractivity contribution < 1.29 is 32.2 Å². The van der Waals surface area contributed by atoms with Gasteiger partial charge in [0.25, 0.3) is 5.89 Å². The summed E-state index contributed by atoms with van der Waals surface area (Å²) in [5, 5.41) is 14.8. The van der Waals surface area contributed by atoms with Crippen molar-refractivity contribution in [3.63, 3.8) is 0 Å². The summed E-state index contributed by atoms with van der Waals surface area (Å²) < 4.78 is 42.3. The molecule has 0 amide bonds. The fraction of sp³-hybridized carbons (Fsp3) is 0.250. The number of methoxy groups -OCH3 is 1. The number of aromatic nitrogens is 2. The third-order valence-corrected chi connectivity index (χ3v) is 2.22. The summed E-state index contributed by atoms with van der Waals surface area (Å²) >= 11 is 0. The van der Waals surface area contributed by atoms with Gasteiger partial charge < -0.3 is 20.0 Å². The lowest BCUT2D eigenvalue weighted by molar-refractivity contribution is -0.192. The molecule has 7 nitrogen and oxygen atoms in total. The molecule has 2 aromatic rings. The largest absolute Gasteiger partial charge is 0.496 e. The average molecular weight is 319 g/mol. The fourth-order valence-corrected chi connectivity index (χ4v) is 1.27. The van der Waals surface area contributed by atoms with Gasteiger partial charge in [-0.25, -0.2) is 4.79 Å². The Labute approximate surface area is 122 Å². The number of carbonyl (C=O) groups is 1. The first kappa shape index (κ1) is 17.4. The summed E-state index contributed by atoms with van der Waals surface area (Å²) in [6.07, 6.45) is -5.08. The van der Waals surface area contributed by atoms with E-state index in [0.717, 1.165) is 5.56 Å². The number of nitrogens with zero attached hydrogens (tertiary/aromatic N) is 2. The molecule has 0 aliphatic heterocycles. The summed E-state index contributed by atoms with van der Waals surface area (Å²) in [6, 6.07) is 7.45. The summed E-state index contributed by atoms with van der Waals surface area (Å²) in [6.45, 7) is 0.238. The molecule has 22 heavy (non-hydrogen) atoms. The zero-order valence-corrected chi connectivity index (χ0v) is 11.3. The Kier molecular flexibility index (Phi) is 5.87. The molecule has 1 aromatic carbocycles. The molecule has 120 valence electrons. The van der Waals surface area contributed by atoms with E-state index in [2.05, 4.69) is 10.2 Å². The van der Waals surface area contributed by atoms with Crippen LogP contribution in [0.3, 0.4) is 0 Å². The second-order valence-corrected chi connectivity index (χ2v) is 3.71. The van der Waals surface area contributed by atoms with Crippen molar-refractivity contribution in [2.24, 2.45) is 5.73 Å². The van der Waals surface area contributed by atoms with E-state index in [1.807, 2.05) is 24.3 Å². The molecule has 0 saturated heterocycles. The maximum atomic E-state index is 10.6. The second kappa shape index (κ2) is 7.41. The Balaban J connectivity index is 0.000000295. The molecule has 0 radical (unpaired) electrons. The lowest BCUT2D eigenvalue weighted by atomic mass is 10.2. The number of carboxylic acids is 1. The zero-order valence-electron chi connectivity index (χ0n) is 11.3. The first-order chi connectivity index (χ1) is 10.3. The van der Waals surface area contributed by atoms with Crippen LogP contribution in [0.2, 0.25) is 0 Å². The summed E-state index contributed by atoms with van der Waals surface area (Å²) in [4.78, 5) is 8.90. The van der Waals surface area contributed by atoms with E-state index in [0.29, 0.717) is 17.5 Å². The summed E-state index contributed by atoms with van der Waals surface area (Å²) in [7, 11) is 1.60. The molecule has 1 aromatic heterocycles. The van der Waals surface area contributed by atoms with Crippen LogP contribution in [-0.4, -0.2) is 34.6 Å².